The lowest BCUT2D eigenvalue weighted by Gasteiger charge is -2.53. The Balaban J connectivity index is 1.50. The van der Waals surface area contributed by atoms with E-state index in [4.69, 9.17) is 5.73 Å². The highest BCUT2D eigenvalue weighted by Gasteiger charge is 2.47. The SMILES string of the molecule is CC(=CCn1c[n+](C)c2nncc(N)c21)CCC1(C)C2=CCCC(C)(C)C2CCC1C. The molecular formula is C26H40N5+. The van der Waals surface area contributed by atoms with Crippen LogP contribution < -0.4 is 10.3 Å². The third-order valence-electron chi connectivity index (χ3n) is 8.55. The van der Waals surface area contributed by atoms with E-state index in [0.29, 0.717) is 16.5 Å². The molecule has 0 radical (unpaired) electrons. The number of nitrogen functional groups attached to an aromatic ring is 1. The molecule has 0 aliphatic heterocycles. The normalized spacial score (nSPS) is 28.5. The Kier molecular flexibility index (Phi) is 5.74. The van der Waals surface area contributed by atoms with Crippen molar-refractivity contribution in [1.29, 1.82) is 0 Å². The summed E-state index contributed by atoms with van der Waals surface area (Å²) < 4.78 is 4.17. The van der Waals surface area contributed by atoms with Gasteiger partial charge in [-0.3, -0.25) is 4.57 Å². The van der Waals surface area contributed by atoms with E-state index >= 15 is 0 Å². The molecule has 0 bridgehead atoms. The van der Waals surface area contributed by atoms with Crippen LogP contribution in [0.3, 0.4) is 0 Å². The van der Waals surface area contributed by atoms with Gasteiger partial charge in [0.15, 0.2) is 6.33 Å². The zero-order chi connectivity index (χ0) is 22.4. The summed E-state index contributed by atoms with van der Waals surface area (Å²) in [4.78, 5) is 0. The third kappa shape index (κ3) is 3.92. The molecule has 1 saturated carbocycles. The number of allylic oxidation sites excluding steroid dienone is 4. The van der Waals surface area contributed by atoms with Crippen LogP contribution >= 0.6 is 0 Å². The van der Waals surface area contributed by atoms with Gasteiger partial charge in [0.2, 0.25) is 5.52 Å². The summed E-state index contributed by atoms with van der Waals surface area (Å²) in [5, 5.41) is 8.23. The van der Waals surface area contributed by atoms with Crippen molar-refractivity contribution in [3.05, 3.63) is 35.8 Å². The number of aromatic nitrogens is 4. The average Bonchev–Trinajstić information content (AvgIpc) is 3.05. The molecule has 2 aliphatic rings. The summed E-state index contributed by atoms with van der Waals surface area (Å²) in [7, 11) is 1.99. The molecular weight excluding hydrogens is 382 g/mol. The lowest BCUT2D eigenvalue weighted by molar-refractivity contribution is -0.647. The van der Waals surface area contributed by atoms with Gasteiger partial charge in [0.1, 0.15) is 5.69 Å². The number of imidazole rings is 1. The summed E-state index contributed by atoms with van der Waals surface area (Å²) in [6.45, 7) is 13.1. The van der Waals surface area contributed by atoms with Gasteiger partial charge in [-0.2, -0.15) is 0 Å². The predicted octanol–water partition coefficient (Wildman–Crippen LogP) is 5.36. The molecule has 2 aromatic rings. The fourth-order valence-electron chi connectivity index (χ4n) is 6.11. The molecule has 2 heterocycles. The van der Waals surface area contributed by atoms with Gasteiger partial charge < -0.3 is 5.73 Å². The minimum Gasteiger partial charge on any atom is -0.394 e. The van der Waals surface area contributed by atoms with Gasteiger partial charge in [-0.1, -0.05) is 56.1 Å². The largest absolute Gasteiger partial charge is 0.394 e. The first-order valence-corrected chi connectivity index (χ1v) is 12.0. The second-order valence-electron chi connectivity index (χ2n) is 11.0. The van der Waals surface area contributed by atoms with Crippen LogP contribution in [0, 0.1) is 22.7 Å². The molecule has 5 heteroatoms. The van der Waals surface area contributed by atoms with Crippen LogP contribution in [-0.4, -0.2) is 14.8 Å². The Morgan fingerprint density at radius 2 is 2.10 bits per heavy atom. The summed E-state index contributed by atoms with van der Waals surface area (Å²) in [6.07, 6.45) is 16.4. The van der Waals surface area contributed by atoms with Crippen LogP contribution in [0.2, 0.25) is 0 Å². The molecule has 4 rings (SSSR count). The predicted molar refractivity (Wildman–Crippen MR) is 127 cm³/mol. The van der Waals surface area contributed by atoms with Crippen LogP contribution in [0.4, 0.5) is 5.69 Å². The van der Waals surface area contributed by atoms with Gasteiger partial charge in [0.25, 0.3) is 0 Å². The molecule has 0 aromatic carbocycles. The van der Waals surface area contributed by atoms with Crippen LogP contribution in [0.25, 0.3) is 11.2 Å². The smallest absolute Gasteiger partial charge is 0.329 e. The highest BCUT2D eigenvalue weighted by molar-refractivity contribution is 5.80. The number of rotatable bonds is 5. The maximum absolute atomic E-state index is 6.19. The molecule has 0 saturated heterocycles. The molecule has 3 atom stereocenters. The van der Waals surface area contributed by atoms with E-state index in [1.165, 1.54) is 37.7 Å². The average molecular weight is 423 g/mol. The first-order chi connectivity index (χ1) is 14.6. The maximum Gasteiger partial charge on any atom is 0.329 e. The molecule has 1 fully saturated rings. The Morgan fingerprint density at radius 3 is 2.87 bits per heavy atom. The van der Waals surface area contributed by atoms with Crippen molar-refractivity contribution >= 4 is 16.9 Å². The van der Waals surface area contributed by atoms with Gasteiger partial charge in [0, 0.05) is 5.10 Å². The van der Waals surface area contributed by atoms with Crippen molar-refractivity contribution in [3.8, 4) is 0 Å². The highest BCUT2D eigenvalue weighted by Crippen LogP contribution is 2.58. The molecule has 2 aromatic heterocycles. The van der Waals surface area contributed by atoms with Crippen molar-refractivity contribution in [2.24, 2.45) is 29.7 Å². The van der Waals surface area contributed by atoms with Crippen molar-refractivity contribution in [2.75, 3.05) is 5.73 Å². The van der Waals surface area contributed by atoms with Gasteiger partial charge >= 0.3 is 5.65 Å². The second-order valence-corrected chi connectivity index (χ2v) is 11.0. The fourth-order valence-corrected chi connectivity index (χ4v) is 6.11. The molecule has 31 heavy (non-hydrogen) atoms. The zero-order valence-electron chi connectivity index (χ0n) is 20.3. The monoisotopic (exact) mass is 422 g/mol. The minimum absolute atomic E-state index is 0.322. The molecule has 2 N–H and O–H groups in total. The van der Waals surface area contributed by atoms with E-state index in [9.17, 15) is 0 Å². The van der Waals surface area contributed by atoms with E-state index in [1.807, 2.05) is 11.6 Å². The molecule has 3 unspecified atom stereocenters. The first kappa shape index (κ1) is 22.0. The molecule has 2 aliphatic carbocycles. The van der Waals surface area contributed by atoms with Crippen molar-refractivity contribution in [2.45, 2.75) is 79.7 Å². The Hall–Kier alpha value is -2.17. The summed E-state index contributed by atoms with van der Waals surface area (Å²) >= 11 is 0. The number of hydrogen-bond acceptors (Lipinski definition) is 3. The van der Waals surface area contributed by atoms with Crippen LogP contribution in [0.5, 0.6) is 0 Å². The molecule has 168 valence electrons. The molecule has 0 amide bonds. The van der Waals surface area contributed by atoms with Gasteiger partial charge in [-0.25, -0.2) is 4.57 Å². The summed E-state index contributed by atoms with van der Waals surface area (Å²) in [5.41, 5.74) is 12.6. The quantitative estimate of drug-likeness (QED) is 0.521. The third-order valence-corrected chi connectivity index (χ3v) is 8.55. The second kappa shape index (κ2) is 8.07. The highest BCUT2D eigenvalue weighted by atomic mass is 15.2. The zero-order valence-corrected chi connectivity index (χ0v) is 20.3. The lowest BCUT2D eigenvalue weighted by atomic mass is 9.52. The Bertz CT molecular complexity index is 1030. The van der Waals surface area contributed by atoms with E-state index < -0.39 is 0 Å². The van der Waals surface area contributed by atoms with Crippen LogP contribution in [0.15, 0.2) is 35.8 Å². The topological polar surface area (TPSA) is 60.6 Å². The fraction of sp³-hybridized carbons (Fsp3) is 0.654. The lowest BCUT2D eigenvalue weighted by Crippen LogP contribution is -2.43. The number of aryl methyl sites for hydroxylation is 1. The van der Waals surface area contributed by atoms with Crippen molar-refractivity contribution in [3.63, 3.8) is 0 Å². The number of nitrogens with two attached hydrogens (primary N) is 1. The van der Waals surface area contributed by atoms with Crippen LogP contribution in [0.1, 0.15) is 73.1 Å². The van der Waals surface area contributed by atoms with Gasteiger partial charge in [0.05, 0.1) is 19.8 Å². The first-order valence-electron chi connectivity index (χ1n) is 12.0. The number of nitrogens with zero attached hydrogens (tertiary/aromatic N) is 4. The summed E-state index contributed by atoms with van der Waals surface area (Å²) in [6, 6.07) is 0. The van der Waals surface area contributed by atoms with Gasteiger partial charge in [-0.05, 0) is 68.1 Å². The Morgan fingerprint density at radius 1 is 1.32 bits per heavy atom. The van der Waals surface area contributed by atoms with E-state index in [2.05, 4.69) is 67.9 Å². The maximum atomic E-state index is 6.19. The number of fused-ring (bicyclic) bond motifs is 2. The Labute approximate surface area is 187 Å². The standard InChI is InChI=1S/C26H40N5/c1-18(12-15-31-17-30(6)24-23(31)22(27)16-28-29-24)11-14-26(5)19(2)9-10-20-21(26)8-7-13-25(20,3)4/h8,12,16-17,19-20H,7,9-11,13-15H2,1-6H3,(H2,27,29)/q+1. The summed E-state index contributed by atoms with van der Waals surface area (Å²) in [5.74, 6) is 1.52. The minimum atomic E-state index is 0.322. The molecule has 5 nitrogen and oxygen atoms in total. The van der Waals surface area contributed by atoms with E-state index in [-0.39, 0.29) is 0 Å². The van der Waals surface area contributed by atoms with Crippen LogP contribution in [-0.2, 0) is 13.6 Å². The van der Waals surface area contributed by atoms with Crippen molar-refractivity contribution in [1.82, 2.24) is 14.8 Å². The van der Waals surface area contributed by atoms with E-state index in [0.717, 1.165) is 36.0 Å². The number of hydrogen-bond donors (Lipinski definition) is 1. The van der Waals surface area contributed by atoms with Crippen molar-refractivity contribution < 1.29 is 4.57 Å². The number of anilines is 1. The van der Waals surface area contributed by atoms with Gasteiger partial charge in [-0.15, -0.1) is 0 Å². The van der Waals surface area contributed by atoms with E-state index in [1.54, 1.807) is 11.8 Å². The molecule has 0 spiro atoms.